The third-order valence-electron chi connectivity index (χ3n) is 4.23. The first kappa shape index (κ1) is 18.3. The number of rotatable bonds is 6. The summed E-state index contributed by atoms with van der Waals surface area (Å²) in [6, 6.07) is 9.95. The third-order valence-corrected chi connectivity index (χ3v) is 4.23. The fourth-order valence-corrected chi connectivity index (χ4v) is 2.77. The van der Waals surface area contributed by atoms with Gasteiger partial charge in [-0.15, -0.1) is 0 Å². The summed E-state index contributed by atoms with van der Waals surface area (Å²) in [5.41, 5.74) is 1.11. The average Bonchev–Trinajstić information content (AvgIpc) is 2.61. The second-order valence-corrected chi connectivity index (χ2v) is 5.98. The Hall–Kier alpha value is -2.08. The average molecular weight is 333 g/mol. The van der Waals surface area contributed by atoms with Crippen molar-refractivity contribution in [2.45, 2.75) is 26.3 Å². The number of nitrogens with zero attached hydrogens (tertiary/aromatic N) is 2. The van der Waals surface area contributed by atoms with E-state index in [0.717, 1.165) is 18.7 Å². The van der Waals surface area contributed by atoms with Crippen molar-refractivity contribution in [2.75, 3.05) is 39.3 Å². The van der Waals surface area contributed by atoms with Crippen molar-refractivity contribution in [3.05, 3.63) is 35.9 Å². The maximum absolute atomic E-state index is 12.1. The highest BCUT2D eigenvalue weighted by atomic mass is 16.6. The molecule has 0 saturated carbocycles. The highest BCUT2D eigenvalue weighted by molar-refractivity contribution is 5.76. The van der Waals surface area contributed by atoms with Crippen molar-refractivity contribution < 1.29 is 14.3 Å². The summed E-state index contributed by atoms with van der Waals surface area (Å²) in [4.78, 5) is 27.7. The number of piperazine rings is 1. The molecule has 132 valence electrons. The Morgan fingerprint density at radius 2 is 1.83 bits per heavy atom. The number of hydrogen-bond acceptors (Lipinski definition) is 4. The number of carbonyl (C=O) groups is 2. The van der Waals surface area contributed by atoms with Gasteiger partial charge in [-0.05, 0) is 19.4 Å². The smallest absolute Gasteiger partial charge is 0.409 e. The van der Waals surface area contributed by atoms with Gasteiger partial charge in [-0.1, -0.05) is 30.3 Å². The van der Waals surface area contributed by atoms with Gasteiger partial charge < -0.3 is 15.0 Å². The van der Waals surface area contributed by atoms with Gasteiger partial charge in [-0.2, -0.15) is 0 Å². The summed E-state index contributed by atoms with van der Waals surface area (Å²) in [5, 5.41) is 3.03. The van der Waals surface area contributed by atoms with E-state index in [4.69, 9.17) is 4.74 Å². The standard InChI is InChI=1S/C18H27N3O3/c1-3-24-18(23)21-13-11-20(12-14-21)10-9-17(22)19-15(2)16-7-5-4-6-8-16/h4-8,15H,3,9-14H2,1-2H3,(H,19,22). The van der Waals surface area contributed by atoms with Gasteiger partial charge in [0.25, 0.3) is 0 Å². The summed E-state index contributed by atoms with van der Waals surface area (Å²) >= 11 is 0. The largest absolute Gasteiger partial charge is 0.450 e. The van der Waals surface area contributed by atoms with Crippen LogP contribution < -0.4 is 5.32 Å². The molecule has 6 heteroatoms. The summed E-state index contributed by atoms with van der Waals surface area (Å²) in [5.74, 6) is 0.0548. The number of hydrogen-bond donors (Lipinski definition) is 1. The van der Waals surface area contributed by atoms with E-state index in [9.17, 15) is 9.59 Å². The quantitative estimate of drug-likeness (QED) is 0.865. The molecule has 1 aromatic rings. The molecule has 1 aromatic carbocycles. The normalized spacial score (nSPS) is 16.5. The Bertz CT molecular complexity index is 528. The van der Waals surface area contributed by atoms with Crippen LogP contribution in [0.5, 0.6) is 0 Å². The first-order valence-corrected chi connectivity index (χ1v) is 8.58. The van der Waals surface area contributed by atoms with Crippen LogP contribution in [0.25, 0.3) is 0 Å². The van der Waals surface area contributed by atoms with Gasteiger partial charge in [0.2, 0.25) is 5.91 Å². The van der Waals surface area contributed by atoms with Crippen LogP contribution in [-0.4, -0.2) is 61.1 Å². The van der Waals surface area contributed by atoms with Gasteiger partial charge in [0.05, 0.1) is 12.6 Å². The number of nitrogens with one attached hydrogen (secondary N) is 1. The van der Waals surface area contributed by atoms with Crippen molar-refractivity contribution in [2.24, 2.45) is 0 Å². The molecule has 6 nitrogen and oxygen atoms in total. The van der Waals surface area contributed by atoms with E-state index < -0.39 is 0 Å². The molecule has 1 aliphatic heterocycles. The SMILES string of the molecule is CCOC(=O)N1CCN(CCC(=O)NC(C)c2ccccc2)CC1. The zero-order valence-electron chi connectivity index (χ0n) is 14.5. The lowest BCUT2D eigenvalue weighted by Crippen LogP contribution is -2.49. The van der Waals surface area contributed by atoms with Gasteiger partial charge in [-0.25, -0.2) is 4.79 Å². The summed E-state index contributed by atoms with van der Waals surface area (Å²) in [6.07, 6.45) is 0.225. The molecule has 1 saturated heterocycles. The number of amides is 2. The van der Waals surface area contributed by atoms with E-state index in [1.807, 2.05) is 44.2 Å². The molecule has 1 N–H and O–H groups in total. The minimum atomic E-state index is -0.244. The van der Waals surface area contributed by atoms with Crippen LogP contribution in [0.1, 0.15) is 31.9 Å². The molecule has 1 fully saturated rings. The highest BCUT2D eigenvalue weighted by Crippen LogP contribution is 2.11. The molecular formula is C18H27N3O3. The van der Waals surface area contributed by atoms with Crippen LogP contribution in [0.2, 0.25) is 0 Å². The molecule has 0 aromatic heterocycles. The third kappa shape index (κ3) is 5.53. The maximum atomic E-state index is 12.1. The van der Waals surface area contributed by atoms with E-state index in [-0.39, 0.29) is 18.0 Å². The van der Waals surface area contributed by atoms with Gasteiger partial charge in [0.1, 0.15) is 0 Å². The predicted molar refractivity (Wildman–Crippen MR) is 92.7 cm³/mol. The second-order valence-electron chi connectivity index (χ2n) is 5.98. The minimum Gasteiger partial charge on any atom is -0.450 e. The maximum Gasteiger partial charge on any atom is 0.409 e. The lowest BCUT2D eigenvalue weighted by molar-refractivity contribution is -0.122. The number of benzene rings is 1. The lowest BCUT2D eigenvalue weighted by atomic mass is 10.1. The van der Waals surface area contributed by atoms with Crippen LogP contribution in [0.4, 0.5) is 4.79 Å². The fraction of sp³-hybridized carbons (Fsp3) is 0.556. The van der Waals surface area contributed by atoms with Crippen molar-refractivity contribution in [1.29, 1.82) is 0 Å². The Morgan fingerprint density at radius 3 is 2.46 bits per heavy atom. The van der Waals surface area contributed by atoms with E-state index in [0.29, 0.717) is 32.7 Å². The molecule has 0 bridgehead atoms. The topological polar surface area (TPSA) is 61.9 Å². The fourth-order valence-electron chi connectivity index (χ4n) is 2.77. The van der Waals surface area contributed by atoms with E-state index in [1.165, 1.54) is 0 Å². The van der Waals surface area contributed by atoms with Gasteiger partial charge >= 0.3 is 6.09 Å². The summed E-state index contributed by atoms with van der Waals surface area (Å²) in [6.45, 7) is 7.78. The van der Waals surface area contributed by atoms with Gasteiger partial charge in [0, 0.05) is 39.1 Å². The molecule has 2 amide bonds. The second kappa shape index (κ2) is 9.27. The Balaban J connectivity index is 1.67. The minimum absolute atomic E-state index is 0.0133. The predicted octanol–water partition coefficient (Wildman–Crippen LogP) is 2.03. The van der Waals surface area contributed by atoms with Crippen molar-refractivity contribution in [3.8, 4) is 0 Å². The summed E-state index contributed by atoms with van der Waals surface area (Å²) in [7, 11) is 0. The molecule has 2 rings (SSSR count). The number of ether oxygens (including phenoxy) is 1. The van der Waals surface area contributed by atoms with Crippen molar-refractivity contribution in [3.63, 3.8) is 0 Å². The number of carbonyl (C=O) groups excluding carboxylic acids is 2. The first-order valence-electron chi connectivity index (χ1n) is 8.58. The molecule has 0 spiro atoms. The zero-order chi connectivity index (χ0) is 17.4. The molecule has 1 heterocycles. The Morgan fingerprint density at radius 1 is 1.17 bits per heavy atom. The van der Waals surface area contributed by atoms with Crippen LogP contribution in [0.15, 0.2) is 30.3 Å². The first-order chi connectivity index (χ1) is 11.6. The summed E-state index contributed by atoms with van der Waals surface area (Å²) < 4.78 is 5.00. The molecule has 1 aliphatic rings. The van der Waals surface area contributed by atoms with E-state index in [1.54, 1.807) is 4.90 Å². The van der Waals surface area contributed by atoms with Gasteiger partial charge in [0.15, 0.2) is 0 Å². The highest BCUT2D eigenvalue weighted by Gasteiger charge is 2.22. The lowest BCUT2D eigenvalue weighted by Gasteiger charge is -2.33. The molecule has 0 radical (unpaired) electrons. The molecule has 1 unspecified atom stereocenters. The van der Waals surface area contributed by atoms with Crippen LogP contribution in [0.3, 0.4) is 0 Å². The monoisotopic (exact) mass is 333 g/mol. The van der Waals surface area contributed by atoms with E-state index >= 15 is 0 Å². The molecular weight excluding hydrogens is 306 g/mol. The Kier molecular flexibility index (Phi) is 7.06. The van der Waals surface area contributed by atoms with Crippen LogP contribution >= 0.6 is 0 Å². The zero-order valence-corrected chi connectivity index (χ0v) is 14.5. The Labute approximate surface area is 143 Å². The van der Waals surface area contributed by atoms with Crippen LogP contribution in [-0.2, 0) is 9.53 Å². The van der Waals surface area contributed by atoms with E-state index in [2.05, 4.69) is 10.2 Å². The molecule has 0 aliphatic carbocycles. The molecule has 24 heavy (non-hydrogen) atoms. The van der Waals surface area contributed by atoms with Crippen molar-refractivity contribution >= 4 is 12.0 Å². The van der Waals surface area contributed by atoms with Crippen molar-refractivity contribution in [1.82, 2.24) is 15.1 Å². The molecule has 1 atom stereocenters. The van der Waals surface area contributed by atoms with Gasteiger partial charge in [-0.3, -0.25) is 9.69 Å². The van der Waals surface area contributed by atoms with Crippen LogP contribution in [0, 0.1) is 0 Å².